The maximum atomic E-state index is 12.2. The Bertz CT molecular complexity index is 663. The first-order valence-corrected chi connectivity index (χ1v) is 9.06. The number of allylic oxidation sites excluding steroid dienone is 2. The minimum Gasteiger partial charge on any atom is -0.455 e. The molecule has 0 bridgehead atoms. The van der Waals surface area contributed by atoms with E-state index < -0.39 is 5.91 Å². The van der Waals surface area contributed by atoms with E-state index in [-0.39, 0.29) is 24.4 Å². The fourth-order valence-electron chi connectivity index (χ4n) is 2.85. The van der Waals surface area contributed by atoms with Gasteiger partial charge in [0.15, 0.2) is 6.61 Å². The Morgan fingerprint density at radius 3 is 2.38 bits per heavy atom. The van der Waals surface area contributed by atoms with Crippen molar-refractivity contribution < 1.29 is 19.1 Å². The number of nitrogens with one attached hydrogen (secondary N) is 1. The van der Waals surface area contributed by atoms with Gasteiger partial charge in [-0.15, -0.1) is 0 Å². The number of carbonyl (C=O) groups is 3. The van der Waals surface area contributed by atoms with E-state index in [9.17, 15) is 14.4 Å². The van der Waals surface area contributed by atoms with E-state index in [2.05, 4.69) is 5.32 Å². The summed E-state index contributed by atoms with van der Waals surface area (Å²) in [7, 11) is 0. The predicted molar refractivity (Wildman–Crippen MR) is 99.8 cm³/mol. The van der Waals surface area contributed by atoms with Gasteiger partial charge in [-0.3, -0.25) is 14.4 Å². The van der Waals surface area contributed by atoms with Crippen LogP contribution in [0.25, 0.3) is 0 Å². The maximum absolute atomic E-state index is 12.2. The smallest absolute Gasteiger partial charge is 0.309 e. The normalized spacial score (nSPS) is 16.0. The molecule has 140 valence electrons. The van der Waals surface area contributed by atoms with Gasteiger partial charge in [0.25, 0.3) is 11.8 Å². The Morgan fingerprint density at radius 2 is 1.81 bits per heavy atom. The minimum atomic E-state index is -0.396. The number of benzene rings is 1. The number of nitrogens with zero attached hydrogens (tertiary/aromatic N) is 1. The van der Waals surface area contributed by atoms with Crippen LogP contribution in [0.2, 0.25) is 0 Å². The highest BCUT2D eigenvalue weighted by Gasteiger charge is 2.21. The van der Waals surface area contributed by atoms with Crippen LogP contribution in [0.4, 0.5) is 5.69 Å². The average Bonchev–Trinajstić information content (AvgIpc) is 2.68. The molecule has 1 aliphatic rings. The Labute approximate surface area is 154 Å². The van der Waals surface area contributed by atoms with Crippen LogP contribution in [0, 0.1) is 5.92 Å². The first-order valence-electron chi connectivity index (χ1n) is 9.06. The monoisotopic (exact) mass is 358 g/mol. The number of hydrogen-bond acceptors (Lipinski definition) is 4. The molecule has 1 atom stereocenters. The highest BCUT2D eigenvalue weighted by Crippen LogP contribution is 2.19. The molecule has 0 spiro atoms. The van der Waals surface area contributed by atoms with Crippen LogP contribution >= 0.6 is 0 Å². The highest BCUT2D eigenvalue weighted by molar-refractivity contribution is 5.96. The van der Waals surface area contributed by atoms with Gasteiger partial charge in [0.05, 0.1) is 5.92 Å². The number of carbonyl (C=O) groups excluding carboxylic acids is 3. The van der Waals surface area contributed by atoms with Crippen molar-refractivity contribution in [1.29, 1.82) is 0 Å². The van der Waals surface area contributed by atoms with Crippen molar-refractivity contribution in [3.8, 4) is 0 Å². The summed E-state index contributed by atoms with van der Waals surface area (Å²) in [5.41, 5.74) is 1.13. The van der Waals surface area contributed by atoms with Gasteiger partial charge in [0, 0.05) is 24.3 Å². The summed E-state index contributed by atoms with van der Waals surface area (Å²) in [5, 5.41) is 2.67. The fraction of sp³-hybridized carbons (Fsp3) is 0.450. The molecule has 0 heterocycles. The maximum Gasteiger partial charge on any atom is 0.309 e. The molecule has 1 aliphatic carbocycles. The zero-order chi connectivity index (χ0) is 18.9. The molecule has 0 fully saturated rings. The summed E-state index contributed by atoms with van der Waals surface area (Å²) in [5.74, 6) is -0.918. The zero-order valence-corrected chi connectivity index (χ0v) is 15.4. The second kappa shape index (κ2) is 9.75. The molecule has 0 radical (unpaired) electrons. The molecule has 0 saturated heterocycles. The molecule has 1 N–H and O–H groups in total. The van der Waals surface area contributed by atoms with E-state index >= 15 is 0 Å². The lowest BCUT2D eigenvalue weighted by molar-refractivity contribution is -0.151. The lowest BCUT2D eigenvalue weighted by Gasteiger charge is -2.18. The molecule has 1 unspecified atom stereocenters. The number of rotatable bonds is 7. The molecule has 2 rings (SSSR count). The molecule has 1 aromatic carbocycles. The lowest BCUT2D eigenvalue weighted by Crippen LogP contribution is -2.30. The van der Waals surface area contributed by atoms with E-state index in [0.717, 1.165) is 12.8 Å². The Morgan fingerprint density at radius 1 is 1.12 bits per heavy atom. The number of amides is 2. The van der Waals surface area contributed by atoms with Crippen molar-refractivity contribution in [3.63, 3.8) is 0 Å². The van der Waals surface area contributed by atoms with Gasteiger partial charge >= 0.3 is 5.97 Å². The quantitative estimate of drug-likeness (QED) is 0.600. The molecular formula is C20H26N2O4. The number of esters is 1. The largest absolute Gasteiger partial charge is 0.455 e. The fourth-order valence-corrected chi connectivity index (χ4v) is 2.85. The van der Waals surface area contributed by atoms with Gasteiger partial charge in [-0.05, 0) is 57.4 Å². The predicted octanol–water partition coefficient (Wildman–Crippen LogP) is 3.01. The van der Waals surface area contributed by atoms with E-state index in [4.69, 9.17) is 4.74 Å². The van der Waals surface area contributed by atoms with E-state index in [1.54, 1.807) is 29.2 Å². The molecule has 6 nitrogen and oxygen atoms in total. The highest BCUT2D eigenvalue weighted by atomic mass is 16.5. The Balaban J connectivity index is 1.82. The minimum absolute atomic E-state index is 0.0386. The zero-order valence-electron chi connectivity index (χ0n) is 15.4. The lowest BCUT2D eigenvalue weighted by atomic mass is 9.95. The summed E-state index contributed by atoms with van der Waals surface area (Å²) in [6, 6.07) is 6.69. The summed E-state index contributed by atoms with van der Waals surface area (Å²) in [6.07, 6.45) is 6.31. The van der Waals surface area contributed by atoms with Crippen molar-refractivity contribution in [1.82, 2.24) is 4.90 Å². The van der Waals surface area contributed by atoms with Crippen molar-refractivity contribution in [3.05, 3.63) is 42.0 Å². The van der Waals surface area contributed by atoms with Gasteiger partial charge in [0.2, 0.25) is 0 Å². The van der Waals surface area contributed by atoms with Crippen LogP contribution in [0.1, 0.15) is 43.5 Å². The van der Waals surface area contributed by atoms with Gasteiger partial charge in [0.1, 0.15) is 0 Å². The first-order chi connectivity index (χ1) is 12.5. The van der Waals surface area contributed by atoms with Crippen LogP contribution < -0.4 is 5.32 Å². The van der Waals surface area contributed by atoms with Crippen LogP contribution in [-0.4, -0.2) is 42.4 Å². The van der Waals surface area contributed by atoms with Crippen LogP contribution in [0.3, 0.4) is 0 Å². The summed E-state index contributed by atoms with van der Waals surface area (Å²) in [4.78, 5) is 37.8. The van der Waals surface area contributed by atoms with Crippen LogP contribution in [-0.2, 0) is 14.3 Å². The molecule has 1 aromatic rings. The molecule has 0 saturated carbocycles. The second-order valence-corrected chi connectivity index (χ2v) is 6.19. The van der Waals surface area contributed by atoms with Gasteiger partial charge in [-0.2, -0.15) is 0 Å². The van der Waals surface area contributed by atoms with Crippen molar-refractivity contribution in [2.45, 2.75) is 33.1 Å². The molecule has 6 heteroatoms. The van der Waals surface area contributed by atoms with E-state index in [1.165, 1.54) is 0 Å². The van der Waals surface area contributed by atoms with Crippen LogP contribution in [0.15, 0.2) is 36.4 Å². The summed E-state index contributed by atoms with van der Waals surface area (Å²) >= 11 is 0. The summed E-state index contributed by atoms with van der Waals surface area (Å²) < 4.78 is 5.09. The molecule has 0 aliphatic heterocycles. The number of ether oxygens (including phenoxy) is 1. The Hall–Kier alpha value is -2.63. The summed E-state index contributed by atoms with van der Waals surface area (Å²) in [6.45, 7) is 4.85. The van der Waals surface area contributed by atoms with Gasteiger partial charge in [-0.25, -0.2) is 0 Å². The average molecular weight is 358 g/mol. The van der Waals surface area contributed by atoms with Crippen LogP contribution in [0.5, 0.6) is 0 Å². The van der Waals surface area contributed by atoms with E-state index in [1.807, 2.05) is 26.0 Å². The van der Waals surface area contributed by atoms with Crippen molar-refractivity contribution >= 4 is 23.5 Å². The Kier molecular flexibility index (Phi) is 7.38. The third-order valence-corrected chi connectivity index (χ3v) is 4.41. The van der Waals surface area contributed by atoms with Gasteiger partial charge in [-0.1, -0.05) is 12.2 Å². The van der Waals surface area contributed by atoms with Gasteiger partial charge < -0.3 is 15.0 Å². The van der Waals surface area contributed by atoms with E-state index in [0.29, 0.717) is 30.8 Å². The van der Waals surface area contributed by atoms with Crippen molar-refractivity contribution in [2.75, 3.05) is 25.0 Å². The molecule has 0 aromatic heterocycles. The number of hydrogen-bond donors (Lipinski definition) is 1. The van der Waals surface area contributed by atoms with Crippen molar-refractivity contribution in [2.24, 2.45) is 5.92 Å². The first kappa shape index (κ1) is 19.7. The third-order valence-electron chi connectivity index (χ3n) is 4.41. The number of anilines is 1. The standard InChI is InChI=1S/C20H26N2O4/c1-3-22(4-2)19(24)15-10-12-17(13-11-15)21-18(23)14-26-20(25)16-8-6-5-7-9-16/h5-6,10-13,16H,3-4,7-9,14H2,1-2H3,(H,21,23). The molecule has 26 heavy (non-hydrogen) atoms. The topological polar surface area (TPSA) is 75.7 Å². The third kappa shape index (κ3) is 5.44. The molecule has 2 amide bonds. The molecular weight excluding hydrogens is 332 g/mol. The SMILES string of the molecule is CCN(CC)C(=O)c1ccc(NC(=O)COC(=O)C2CC=CCC2)cc1. The second-order valence-electron chi connectivity index (χ2n) is 6.19.